The summed E-state index contributed by atoms with van der Waals surface area (Å²) >= 11 is 0. The number of hydrogen-bond donors (Lipinski definition) is 1. The van der Waals surface area contributed by atoms with Gasteiger partial charge in [-0.15, -0.1) is 0 Å². The molecule has 27 heavy (non-hydrogen) atoms. The van der Waals surface area contributed by atoms with Gasteiger partial charge >= 0.3 is 0 Å². The lowest BCUT2D eigenvalue weighted by atomic mass is 10.2. The van der Waals surface area contributed by atoms with Gasteiger partial charge in [0.15, 0.2) is 0 Å². The number of non-ortho nitro benzene ring substituents is 1. The van der Waals surface area contributed by atoms with Crippen molar-refractivity contribution < 1.29 is 14.5 Å². The Balaban J connectivity index is 1.47. The molecule has 3 rings (SSSR count). The van der Waals surface area contributed by atoms with Gasteiger partial charge in [0.05, 0.1) is 11.5 Å². The van der Waals surface area contributed by atoms with Crippen molar-refractivity contribution in [2.75, 3.05) is 37.6 Å². The summed E-state index contributed by atoms with van der Waals surface area (Å²) in [4.78, 5) is 38.4. The maximum absolute atomic E-state index is 12.3. The molecule has 140 valence electrons. The highest BCUT2D eigenvalue weighted by molar-refractivity contribution is 5.96. The first-order valence-corrected chi connectivity index (χ1v) is 8.65. The number of hydrogen-bond acceptors (Lipinski definition) is 5. The molecule has 1 aliphatic rings. The van der Waals surface area contributed by atoms with E-state index in [1.165, 1.54) is 12.1 Å². The summed E-state index contributed by atoms with van der Waals surface area (Å²) in [5.41, 5.74) is 1.47. The quantitative estimate of drug-likeness (QED) is 0.640. The van der Waals surface area contributed by atoms with Crippen molar-refractivity contribution in [1.82, 2.24) is 10.2 Å². The van der Waals surface area contributed by atoms with Gasteiger partial charge in [-0.05, 0) is 24.3 Å². The number of carbonyl (C=O) groups is 2. The largest absolute Gasteiger partial charge is 0.368 e. The summed E-state index contributed by atoms with van der Waals surface area (Å²) in [5, 5.41) is 13.4. The number of benzene rings is 2. The van der Waals surface area contributed by atoms with Crippen molar-refractivity contribution in [2.24, 2.45) is 0 Å². The lowest BCUT2D eigenvalue weighted by Gasteiger charge is -2.36. The van der Waals surface area contributed by atoms with E-state index in [4.69, 9.17) is 0 Å². The van der Waals surface area contributed by atoms with Crippen LogP contribution in [-0.2, 0) is 4.79 Å². The first kappa shape index (κ1) is 18.4. The summed E-state index contributed by atoms with van der Waals surface area (Å²) in [6, 6.07) is 15.2. The third kappa shape index (κ3) is 4.60. The fourth-order valence-electron chi connectivity index (χ4n) is 2.96. The predicted octanol–water partition coefficient (Wildman–Crippen LogP) is 1.67. The normalized spacial score (nSPS) is 13.9. The van der Waals surface area contributed by atoms with Crippen molar-refractivity contribution in [1.29, 1.82) is 0 Å². The first-order valence-electron chi connectivity index (χ1n) is 8.65. The number of nitro benzene ring substituents is 1. The van der Waals surface area contributed by atoms with Gasteiger partial charge in [0.1, 0.15) is 0 Å². The molecule has 2 aromatic carbocycles. The summed E-state index contributed by atoms with van der Waals surface area (Å²) in [6.45, 7) is 2.31. The van der Waals surface area contributed by atoms with Crippen LogP contribution in [0.25, 0.3) is 0 Å². The van der Waals surface area contributed by atoms with Crippen molar-refractivity contribution >= 4 is 23.2 Å². The summed E-state index contributed by atoms with van der Waals surface area (Å²) in [7, 11) is 0. The molecule has 0 aliphatic carbocycles. The number of piperazine rings is 1. The Bertz CT molecular complexity index is 815. The standard InChI is InChI=1S/C19H20N4O4/c24-18(14-20-19(25)15-4-2-1-3-5-15)22-12-10-21(11-13-22)16-6-8-17(9-7-16)23(26)27/h1-9H,10-14H2,(H,20,25). The molecule has 0 unspecified atom stereocenters. The Kier molecular flexibility index (Phi) is 5.65. The smallest absolute Gasteiger partial charge is 0.269 e. The van der Waals surface area contributed by atoms with Gasteiger partial charge in [-0.25, -0.2) is 0 Å². The highest BCUT2D eigenvalue weighted by Crippen LogP contribution is 2.20. The molecule has 1 heterocycles. The van der Waals surface area contributed by atoms with Crippen LogP contribution >= 0.6 is 0 Å². The summed E-state index contributed by atoms with van der Waals surface area (Å²) < 4.78 is 0. The van der Waals surface area contributed by atoms with E-state index in [0.717, 1.165) is 5.69 Å². The molecule has 1 aliphatic heterocycles. The van der Waals surface area contributed by atoms with Gasteiger partial charge < -0.3 is 15.1 Å². The minimum Gasteiger partial charge on any atom is -0.368 e. The molecule has 8 nitrogen and oxygen atoms in total. The molecular formula is C19H20N4O4. The van der Waals surface area contributed by atoms with E-state index in [1.54, 1.807) is 41.3 Å². The molecule has 0 saturated carbocycles. The van der Waals surface area contributed by atoms with Crippen LogP contribution in [0.2, 0.25) is 0 Å². The van der Waals surface area contributed by atoms with Gasteiger partial charge in [-0.3, -0.25) is 19.7 Å². The van der Waals surface area contributed by atoms with E-state index in [0.29, 0.717) is 31.7 Å². The Labute approximate surface area is 156 Å². The van der Waals surface area contributed by atoms with Gasteiger partial charge in [0, 0.05) is 49.6 Å². The molecular weight excluding hydrogens is 348 g/mol. The lowest BCUT2D eigenvalue weighted by Crippen LogP contribution is -2.51. The number of nitro groups is 1. The number of nitrogens with zero attached hydrogens (tertiary/aromatic N) is 3. The average Bonchev–Trinajstić information content (AvgIpc) is 2.72. The van der Waals surface area contributed by atoms with Crippen LogP contribution in [0.1, 0.15) is 10.4 Å². The van der Waals surface area contributed by atoms with Gasteiger partial charge in [-0.2, -0.15) is 0 Å². The number of nitrogens with one attached hydrogen (secondary N) is 1. The molecule has 0 spiro atoms. The van der Waals surface area contributed by atoms with Crippen molar-refractivity contribution in [3.05, 3.63) is 70.3 Å². The van der Waals surface area contributed by atoms with Crippen LogP contribution in [-0.4, -0.2) is 54.4 Å². The molecule has 0 bridgehead atoms. The second-order valence-electron chi connectivity index (χ2n) is 6.19. The third-order valence-corrected chi connectivity index (χ3v) is 4.49. The molecule has 8 heteroatoms. The van der Waals surface area contributed by atoms with Crippen LogP contribution in [0.3, 0.4) is 0 Å². The molecule has 2 aromatic rings. The Hall–Kier alpha value is -3.42. The van der Waals surface area contributed by atoms with Crippen molar-refractivity contribution in [3.8, 4) is 0 Å². The number of anilines is 1. The van der Waals surface area contributed by atoms with Gasteiger partial charge in [0.25, 0.3) is 11.6 Å². The third-order valence-electron chi connectivity index (χ3n) is 4.49. The topological polar surface area (TPSA) is 95.8 Å². The fourth-order valence-corrected chi connectivity index (χ4v) is 2.96. The highest BCUT2D eigenvalue weighted by Gasteiger charge is 2.22. The molecule has 0 aromatic heterocycles. The van der Waals surface area contributed by atoms with E-state index >= 15 is 0 Å². The summed E-state index contributed by atoms with van der Waals surface area (Å²) in [6.07, 6.45) is 0. The molecule has 2 amide bonds. The zero-order valence-electron chi connectivity index (χ0n) is 14.7. The zero-order chi connectivity index (χ0) is 19.2. The number of rotatable bonds is 5. The zero-order valence-corrected chi connectivity index (χ0v) is 14.7. The maximum atomic E-state index is 12.3. The predicted molar refractivity (Wildman–Crippen MR) is 101 cm³/mol. The Morgan fingerprint density at radius 1 is 0.963 bits per heavy atom. The fraction of sp³-hybridized carbons (Fsp3) is 0.263. The SMILES string of the molecule is O=C(NCC(=O)N1CCN(c2ccc([N+](=O)[O-])cc2)CC1)c1ccccc1. The maximum Gasteiger partial charge on any atom is 0.269 e. The lowest BCUT2D eigenvalue weighted by molar-refractivity contribution is -0.384. The van der Waals surface area contributed by atoms with Gasteiger partial charge in [0.2, 0.25) is 5.91 Å². The monoisotopic (exact) mass is 368 g/mol. The average molecular weight is 368 g/mol. The second kappa shape index (κ2) is 8.31. The first-order chi connectivity index (χ1) is 13.0. The van der Waals surface area contributed by atoms with Crippen molar-refractivity contribution in [2.45, 2.75) is 0 Å². The number of carbonyl (C=O) groups excluding carboxylic acids is 2. The Morgan fingerprint density at radius 2 is 1.59 bits per heavy atom. The van der Waals surface area contributed by atoms with Crippen molar-refractivity contribution in [3.63, 3.8) is 0 Å². The molecule has 0 atom stereocenters. The van der Waals surface area contributed by atoms with Gasteiger partial charge in [-0.1, -0.05) is 18.2 Å². The minimum atomic E-state index is -0.426. The minimum absolute atomic E-state index is 0.0364. The Morgan fingerprint density at radius 3 is 2.19 bits per heavy atom. The summed E-state index contributed by atoms with van der Waals surface area (Å²) in [5.74, 6) is -0.393. The molecule has 1 fully saturated rings. The van der Waals surface area contributed by atoms with E-state index in [9.17, 15) is 19.7 Å². The van der Waals surface area contributed by atoms with Crippen LogP contribution in [0, 0.1) is 10.1 Å². The van der Waals surface area contributed by atoms with Crippen LogP contribution in [0.15, 0.2) is 54.6 Å². The highest BCUT2D eigenvalue weighted by atomic mass is 16.6. The number of amides is 2. The van der Waals surface area contributed by atoms with Crippen LogP contribution < -0.4 is 10.2 Å². The van der Waals surface area contributed by atoms with E-state index in [1.807, 2.05) is 6.07 Å². The van der Waals surface area contributed by atoms with E-state index < -0.39 is 4.92 Å². The molecule has 1 saturated heterocycles. The second-order valence-corrected chi connectivity index (χ2v) is 6.19. The molecule has 1 N–H and O–H groups in total. The van der Waals surface area contributed by atoms with E-state index in [2.05, 4.69) is 10.2 Å². The van der Waals surface area contributed by atoms with Crippen LogP contribution in [0.5, 0.6) is 0 Å². The molecule has 0 radical (unpaired) electrons. The van der Waals surface area contributed by atoms with Crippen LogP contribution in [0.4, 0.5) is 11.4 Å². The van der Waals surface area contributed by atoms with E-state index in [-0.39, 0.29) is 24.0 Å².